The minimum Gasteiger partial charge on any atom is -0.492 e. The van der Waals surface area contributed by atoms with E-state index in [1.165, 1.54) is 11.1 Å². The SMILES string of the molecule is CCc1ccccc1OCCNCCc1ccsc1. The molecule has 1 aromatic heterocycles. The Kier molecular flexibility index (Phi) is 5.92. The Morgan fingerprint density at radius 2 is 2.05 bits per heavy atom. The number of hydrogen-bond donors (Lipinski definition) is 1. The van der Waals surface area contributed by atoms with Crippen molar-refractivity contribution in [2.45, 2.75) is 19.8 Å². The lowest BCUT2D eigenvalue weighted by molar-refractivity contribution is 0.311. The lowest BCUT2D eigenvalue weighted by Gasteiger charge is -2.10. The van der Waals surface area contributed by atoms with Gasteiger partial charge >= 0.3 is 0 Å². The van der Waals surface area contributed by atoms with Crippen molar-refractivity contribution in [2.75, 3.05) is 19.7 Å². The number of thiophene rings is 1. The fourth-order valence-corrected chi connectivity index (χ4v) is 2.67. The highest BCUT2D eigenvalue weighted by Gasteiger charge is 1.99. The van der Waals surface area contributed by atoms with Crippen LogP contribution in [0.15, 0.2) is 41.1 Å². The van der Waals surface area contributed by atoms with Crippen molar-refractivity contribution < 1.29 is 4.74 Å². The fourth-order valence-electron chi connectivity index (χ4n) is 1.96. The summed E-state index contributed by atoms with van der Waals surface area (Å²) >= 11 is 1.76. The molecule has 0 amide bonds. The van der Waals surface area contributed by atoms with Crippen LogP contribution in [0.5, 0.6) is 5.75 Å². The van der Waals surface area contributed by atoms with Crippen LogP contribution in [0.3, 0.4) is 0 Å². The number of ether oxygens (including phenoxy) is 1. The third-order valence-electron chi connectivity index (χ3n) is 3.06. The molecule has 1 heterocycles. The highest BCUT2D eigenvalue weighted by molar-refractivity contribution is 7.07. The van der Waals surface area contributed by atoms with Crippen molar-refractivity contribution in [3.05, 3.63) is 52.2 Å². The Morgan fingerprint density at radius 1 is 1.16 bits per heavy atom. The van der Waals surface area contributed by atoms with Crippen LogP contribution in [0.25, 0.3) is 0 Å². The molecular formula is C16H21NOS. The molecule has 2 aromatic rings. The standard InChI is InChI=1S/C16H21NOS/c1-2-15-5-3-4-6-16(15)18-11-10-17-9-7-14-8-12-19-13-14/h3-6,8,12-13,17H,2,7,9-11H2,1H3. The van der Waals surface area contributed by atoms with E-state index in [-0.39, 0.29) is 0 Å². The molecule has 0 fully saturated rings. The fraction of sp³-hybridized carbons (Fsp3) is 0.375. The Bertz CT molecular complexity index is 467. The summed E-state index contributed by atoms with van der Waals surface area (Å²) in [4.78, 5) is 0. The zero-order chi connectivity index (χ0) is 13.3. The number of para-hydroxylation sites is 1. The average molecular weight is 275 g/mol. The number of hydrogen-bond acceptors (Lipinski definition) is 3. The molecule has 1 N–H and O–H groups in total. The van der Waals surface area contributed by atoms with Crippen LogP contribution in [0.2, 0.25) is 0 Å². The molecule has 19 heavy (non-hydrogen) atoms. The van der Waals surface area contributed by atoms with Gasteiger partial charge in [-0.2, -0.15) is 11.3 Å². The molecule has 0 unspecified atom stereocenters. The molecule has 0 aliphatic carbocycles. The van der Waals surface area contributed by atoms with Crippen molar-refractivity contribution in [1.29, 1.82) is 0 Å². The Hall–Kier alpha value is -1.32. The molecule has 0 aliphatic rings. The van der Waals surface area contributed by atoms with E-state index in [0.717, 1.165) is 38.3 Å². The van der Waals surface area contributed by atoms with Crippen molar-refractivity contribution in [1.82, 2.24) is 5.32 Å². The lowest BCUT2D eigenvalue weighted by Crippen LogP contribution is -2.23. The van der Waals surface area contributed by atoms with Crippen LogP contribution in [0, 0.1) is 0 Å². The van der Waals surface area contributed by atoms with Crippen LogP contribution >= 0.6 is 11.3 Å². The number of benzene rings is 1. The molecule has 0 saturated heterocycles. The summed E-state index contributed by atoms with van der Waals surface area (Å²) in [5.74, 6) is 1.02. The minimum absolute atomic E-state index is 0.723. The first-order chi connectivity index (χ1) is 9.40. The summed E-state index contributed by atoms with van der Waals surface area (Å²) in [6.07, 6.45) is 2.11. The third-order valence-corrected chi connectivity index (χ3v) is 3.79. The van der Waals surface area contributed by atoms with Gasteiger partial charge in [-0.15, -0.1) is 0 Å². The van der Waals surface area contributed by atoms with Gasteiger partial charge in [0.15, 0.2) is 0 Å². The van der Waals surface area contributed by atoms with E-state index >= 15 is 0 Å². The second-order valence-corrected chi connectivity index (χ2v) is 5.22. The van der Waals surface area contributed by atoms with Gasteiger partial charge in [0.1, 0.15) is 12.4 Å². The van der Waals surface area contributed by atoms with Gasteiger partial charge < -0.3 is 10.1 Å². The highest BCUT2D eigenvalue weighted by atomic mass is 32.1. The Balaban J connectivity index is 1.61. The number of nitrogens with one attached hydrogen (secondary N) is 1. The van der Waals surface area contributed by atoms with Crippen molar-refractivity contribution in [3.63, 3.8) is 0 Å². The van der Waals surface area contributed by atoms with Gasteiger partial charge in [0.2, 0.25) is 0 Å². The predicted octanol–water partition coefficient (Wildman–Crippen LogP) is 3.52. The first-order valence-electron chi connectivity index (χ1n) is 6.82. The van der Waals surface area contributed by atoms with E-state index in [1.54, 1.807) is 11.3 Å². The van der Waals surface area contributed by atoms with E-state index in [9.17, 15) is 0 Å². The summed E-state index contributed by atoms with van der Waals surface area (Å²) in [6.45, 7) is 4.78. The van der Waals surface area contributed by atoms with Gasteiger partial charge in [0.25, 0.3) is 0 Å². The van der Waals surface area contributed by atoms with Crippen LogP contribution < -0.4 is 10.1 Å². The first-order valence-corrected chi connectivity index (χ1v) is 7.77. The number of rotatable bonds is 8. The van der Waals surface area contributed by atoms with Crippen molar-refractivity contribution >= 4 is 11.3 Å². The van der Waals surface area contributed by atoms with Gasteiger partial charge in [0, 0.05) is 6.54 Å². The summed E-state index contributed by atoms with van der Waals surface area (Å²) < 4.78 is 5.80. The van der Waals surface area contributed by atoms with Gasteiger partial charge in [-0.05, 0) is 53.4 Å². The molecule has 3 heteroatoms. The highest BCUT2D eigenvalue weighted by Crippen LogP contribution is 2.17. The molecule has 102 valence electrons. The molecule has 2 rings (SSSR count). The normalized spacial score (nSPS) is 10.6. The quantitative estimate of drug-likeness (QED) is 0.744. The zero-order valence-electron chi connectivity index (χ0n) is 11.4. The van der Waals surface area contributed by atoms with Gasteiger partial charge in [-0.25, -0.2) is 0 Å². The first kappa shape index (κ1) is 14.1. The summed E-state index contributed by atoms with van der Waals surface area (Å²) in [6, 6.07) is 10.4. The Labute approximate surface area is 119 Å². The molecule has 2 nitrogen and oxygen atoms in total. The van der Waals surface area contributed by atoms with Crippen LogP contribution in [0.4, 0.5) is 0 Å². The molecule has 0 aliphatic heterocycles. The van der Waals surface area contributed by atoms with E-state index in [4.69, 9.17) is 4.74 Å². The average Bonchev–Trinajstić information content (AvgIpc) is 2.96. The maximum atomic E-state index is 5.80. The molecule has 1 aromatic carbocycles. The van der Waals surface area contributed by atoms with Crippen molar-refractivity contribution in [2.24, 2.45) is 0 Å². The molecule has 0 saturated carbocycles. The maximum absolute atomic E-state index is 5.80. The van der Waals surface area contributed by atoms with Crippen molar-refractivity contribution in [3.8, 4) is 5.75 Å². The van der Waals surface area contributed by atoms with E-state index in [0.29, 0.717) is 0 Å². The molecule has 0 bridgehead atoms. The largest absolute Gasteiger partial charge is 0.492 e. The second kappa shape index (κ2) is 7.97. The zero-order valence-corrected chi connectivity index (χ0v) is 12.2. The molecular weight excluding hydrogens is 254 g/mol. The molecule has 0 atom stereocenters. The third kappa shape index (κ3) is 4.69. The summed E-state index contributed by atoms with van der Waals surface area (Å²) in [7, 11) is 0. The van der Waals surface area contributed by atoms with E-state index < -0.39 is 0 Å². The lowest BCUT2D eigenvalue weighted by atomic mass is 10.1. The van der Waals surface area contributed by atoms with Gasteiger partial charge in [-0.3, -0.25) is 0 Å². The molecule has 0 radical (unpaired) electrons. The van der Waals surface area contributed by atoms with Crippen LogP contribution in [-0.4, -0.2) is 19.7 Å². The monoisotopic (exact) mass is 275 g/mol. The predicted molar refractivity (Wildman–Crippen MR) is 82.2 cm³/mol. The molecule has 0 spiro atoms. The topological polar surface area (TPSA) is 21.3 Å². The minimum atomic E-state index is 0.723. The van der Waals surface area contributed by atoms with Gasteiger partial charge in [-0.1, -0.05) is 25.1 Å². The smallest absolute Gasteiger partial charge is 0.122 e. The van der Waals surface area contributed by atoms with E-state index in [1.807, 2.05) is 12.1 Å². The summed E-state index contributed by atoms with van der Waals surface area (Å²) in [5, 5.41) is 7.74. The second-order valence-electron chi connectivity index (χ2n) is 4.44. The van der Waals surface area contributed by atoms with Gasteiger partial charge in [0.05, 0.1) is 0 Å². The maximum Gasteiger partial charge on any atom is 0.122 e. The Morgan fingerprint density at radius 3 is 2.84 bits per heavy atom. The van der Waals surface area contributed by atoms with E-state index in [2.05, 4.69) is 41.2 Å². The summed E-state index contributed by atoms with van der Waals surface area (Å²) in [5.41, 5.74) is 2.69. The number of aryl methyl sites for hydroxylation is 1. The van der Waals surface area contributed by atoms with Crippen LogP contribution in [-0.2, 0) is 12.8 Å². The van der Waals surface area contributed by atoms with Crippen LogP contribution in [0.1, 0.15) is 18.1 Å².